The average Bonchev–Trinajstić information content (AvgIpc) is 3.13. The number of nitrogens with zero attached hydrogens (tertiary/aromatic N) is 7. The van der Waals surface area contributed by atoms with Crippen LogP contribution < -0.4 is 16.4 Å². The first kappa shape index (κ1) is 36.7. The van der Waals surface area contributed by atoms with Gasteiger partial charge in [0.05, 0.1) is 27.7 Å². The molecule has 0 saturated carbocycles. The molecule has 2 fully saturated rings. The zero-order valence-corrected chi connectivity index (χ0v) is 31.3. The summed E-state index contributed by atoms with van der Waals surface area (Å²) < 4.78 is 8.63. The van der Waals surface area contributed by atoms with Crippen molar-refractivity contribution in [2.75, 3.05) is 26.2 Å². The van der Waals surface area contributed by atoms with Gasteiger partial charge in [-0.15, -0.1) is 0 Å². The largest absolute Gasteiger partial charge is 0.444 e. The van der Waals surface area contributed by atoms with Crippen molar-refractivity contribution in [1.29, 1.82) is 0 Å². The molecule has 6 heterocycles. The van der Waals surface area contributed by atoms with Crippen molar-refractivity contribution < 1.29 is 9.53 Å². The Hall–Kier alpha value is -6.63. The maximum absolute atomic E-state index is 12.9. The number of benzene rings is 2. The Morgan fingerprint density at radius 3 is 1.62 bits per heavy atom. The predicted octanol–water partition coefficient (Wildman–Crippen LogP) is 4.48. The molecule has 2 aliphatic heterocycles. The molecule has 8 rings (SSSR count). The number of amides is 1. The van der Waals surface area contributed by atoms with Crippen LogP contribution in [0.2, 0.25) is 0 Å². The van der Waals surface area contributed by atoms with Gasteiger partial charge in [-0.25, -0.2) is 24.7 Å². The van der Waals surface area contributed by atoms with Crippen LogP contribution in [0.4, 0.5) is 4.79 Å². The van der Waals surface area contributed by atoms with Crippen LogP contribution in [0.1, 0.15) is 66.8 Å². The number of carbonyl (C=O) groups excluding carboxylic acids is 1. The summed E-state index contributed by atoms with van der Waals surface area (Å²) in [6.45, 7) is 8.19. The molecule has 55 heavy (non-hydrogen) atoms. The van der Waals surface area contributed by atoms with Gasteiger partial charge in [0.25, 0.3) is 11.1 Å². The van der Waals surface area contributed by atoms with Crippen LogP contribution in [0.5, 0.6) is 0 Å². The number of hydrogen-bond acceptors (Lipinski definition) is 9. The van der Waals surface area contributed by atoms with Crippen LogP contribution in [-0.4, -0.2) is 71.8 Å². The molecule has 12 nitrogen and oxygen atoms in total. The lowest BCUT2D eigenvalue weighted by Crippen LogP contribution is -2.51. The van der Waals surface area contributed by atoms with Gasteiger partial charge in [-0.3, -0.25) is 18.7 Å². The molecule has 276 valence electrons. The van der Waals surface area contributed by atoms with E-state index in [0.29, 0.717) is 52.3 Å². The minimum atomic E-state index is -0.539. The summed E-state index contributed by atoms with van der Waals surface area (Å²) in [5.74, 6) is 14.0. The molecule has 2 saturated heterocycles. The van der Waals surface area contributed by atoms with Crippen molar-refractivity contribution in [3.8, 4) is 23.7 Å². The minimum Gasteiger partial charge on any atom is -0.444 e. The molecule has 2 aromatic carbocycles. The van der Waals surface area contributed by atoms with Gasteiger partial charge in [0.1, 0.15) is 28.6 Å². The van der Waals surface area contributed by atoms with E-state index < -0.39 is 5.60 Å². The summed E-state index contributed by atoms with van der Waals surface area (Å²) in [6.07, 6.45) is 3.07. The van der Waals surface area contributed by atoms with Gasteiger partial charge in [-0.1, -0.05) is 24.0 Å². The van der Waals surface area contributed by atoms with Gasteiger partial charge >= 0.3 is 6.09 Å². The molecule has 1 amide bonds. The highest BCUT2D eigenvalue weighted by molar-refractivity contribution is 5.80. The molecule has 2 aliphatic rings. The maximum atomic E-state index is 12.9. The molecule has 1 N–H and O–H groups in total. The lowest BCUT2D eigenvalue weighted by Gasteiger charge is -2.39. The number of likely N-dealkylation sites (tertiary alicyclic amines) is 1. The molecular weight excluding hydrogens is 693 g/mol. The van der Waals surface area contributed by atoms with Gasteiger partial charge in [0, 0.05) is 69.7 Å². The van der Waals surface area contributed by atoms with E-state index >= 15 is 0 Å². The van der Waals surface area contributed by atoms with Crippen LogP contribution in [0.3, 0.4) is 0 Å². The highest BCUT2D eigenvalue weighted by Gasteiger charge is 2.37. The second kappa shape index (κ2) is 15.4. The first-order valence-corrected chi connectivity index (χ1v) is 18.0. The molecule has 0 aliphatic carbocycles. The average molecular weight is 733 g/mol. The quantitative estimate of drug-likeness (QED) is 0.256. The van der Waals surface area contributed by atoms with E-state index in [1.165, 1.54) is 0 Å². The number of rotatable bonds is 2. The lowest BCUT2D eigenvalue weighted by atomic mass is 9.99. The Bertz CT molecular complexity index is 2650. The van der Waals surface area contributed by atoms with Gasteiger partial charge in [-0.05, 0) is 93.3 Å². The molecule has 0 unspecified atom stereocenters. The van der Waals surface area contributed by atoms with Gasteiger partial charge in [0.2, 0.25) is 0 Å². The third-order valence-corrected chi connectivity index (χ3v) is 9.27. The van der Waals surface area contributed by atoms with Crippen molar-refractivity contribution in [3.63, 3.8) is 0 Å². The number of hydrogen-bond donors (Lipinski definition) is 1. The number of pyridine rings is 2. The number of fused-ring (bicyclic) bond motifs is 2. The normalized spacial score (nSPS) is 14.0. The summed E-state index contributed by atoms with van der Waals surface area (Å²) in [5.41, 5.74) is 3.62. The van der Waals surface area contributed by atoms with Gasteiger partial charge < -0.3 is 15.0 Å². The number of carbonyl (C=O) groups is 1. The first-order chi connectivity index (χ1) is 26.4. The van der Waals surface area contributed by atoms with Gasteiger partial charge in [-0.2, -0.15) is 0 Å². The van der Waals surface area contributed by atoms with Crippen LogP contribution in [0, 0.1) is 23.7 Å². The fourth-order valence-electron chi connectivity index (χ4n) is 6.20. The van der Waals surface area contributed by atoms with Crippen molar-refractivity contribution in [2.45, 2.75) is 38.2 Å². The summed E-state index contributed by atoms with van der Waals surface area (Å²) in [7, 11) is 3.51. The summed E-state index contributed by atoms with van der Waals surface area (Å²) >= 11 is 0. The Labute approximate surface area is 318 Å². The van der Waals surface area contributed by atoms with Crippen molar-refractivity contribution in [1.82, 2.24) is 39.3 Å². The molecule has 6 aromatic rings. The molecule has 0 radical (unpaired) electrons. The third kappa shape index (κ3) is 8.30. The molecule has 0 bridgehead atoms. The number of ether oxygens (including phenoxy) is 1. The highest BCUT2D eigenvalue weighted by Crippen LogP contribution is 2.28. The molecular formula is C43H40N8O4. The van der Waals surface area contributed by atoms with E-state index in [2.05, 4.69) is 39.0 Å². The van der Waals surface area contributed by atoms with E-state index in [1.54, 1.807) is 52.7 Å². The van der Waals surface area contributed by atoms with Crippen molar-refractivity contribution in [3.05, 3.63) is 140 Å². The molecule has 0 spiro atoms. The SMILES string of the molecule is Cn1c(C2CN(C(=O)OC(C)(C)C)C2)nc2cc(C#Cc3ccccn3)ccc2c1=O.Cn1c(C2CNC2)nc2cc(C#Cc3ccccn3)ccc2c1=O. The van der Waals surface area contributed by atoms with Crippen molar-refractivity contribution in [2.24, 2.45) is 14.1 Å². The maximum Gasteiger partial charge on any atom is 0.410 e. The standard InChI is InChI=1S/C24H24N4O3.C19H16N4O/c1-24(2,3)31-23(30)28-14-17(15-28)21-26-20-13-16(8-10-18-7-5-6-12-25-18)9-11-19(20)22(29)27(21)4;1-23-18(14-11-20-12-14)22-17-10-13(6-8-16(17)19(23)24)5-7-15-4-2-3-9-21-15/h5-7,9,11-13,17H,14-15H2,1-4H3;2-4,6,8-10,14,20H,11-12H2,1H3. The Morgan fingerprint density at radius 1 is 0.709 bits per heavy atom. The van der Waals surface area contributed by atoms with Gasteiger partial charge in [0.15, 0.2) is 0 Å². The molecule has 0 atom stereocenters. The smallest absolute Gasteiger partial charge is 0.410 e. The third-order valence-electron chi connectivity index (χ3n) is 9.27. The summed E-state index contributed by atoms with van der Waals surface area (Å²) in [5, 5.41) is 4.38. The van der Waals surface area contributed by atoms with Crippen LogP contribution >= 0.6 is 0 Å². The van der Waals surface area contributed by atoms with E-state index in [0.717, 1.165) is 35.7 Å². The second-order valence-corrected chi connectivity index (χ2v) is 14.5. The van der Waals surface area contributed by atoms with Crippen LogP contribution in [-0.2, 0) is 18.8 Å². The van der Waals surface area contributed by atoms with E-state index in [1.807, 2.05) is 81.4 Å². The fourth-order valence-corrected chi connectivity index (χ4v) is 6.20. The van der Waals surface area contributed by atoms with E-state index in [4.69, 9.17) is 14.7 Å². The zero-order valence-electron chi connectivity index (χ0n) is 31.3. The zero-order chi connectivity index (χ0) is 38.7. The highest BCUT2D eigenvalue weighted by atomic mass is 16.6. The van der Waals surface area contributed by atoms with E-state index in [9.17, 15) is 14.4 Å². The monoisotopic (exact) mass is 732 g/mol. The minimum absolute atomic E-state index is 0.00821. The fraction of sp³-hybridized carbons (Fsp3) is 0.279. The lowest BCUT2D eigenvalue weighted by molar-refractivity contribution is 0.00721. The van der Waals surface area contributed by atoms with Crippen LogP contribution in [0.25, 0.3) is 21.8 Å². The molecule has 4 aromatic heterocycles. The van der Waals surface area contributed by atoms with Crippen LogP contribution in [0.15, 0.2) is 94.8 Å². The Morgan fingerprint density at radius 2 is 1.20 bits per heavy atom. The predicted molar refractivity (Wildman–Crippen MR) is 211 cm³/mol. The summed E-state index contributed by atoms with van der Waals surface area (Å²) in [6, 6.07) is 22.1. The first-order valence-electron chi connectivity index (χ1n) is 18.0. The Balaban J connectivity index is 0.000000174. The topological polar surface area (TPSA) is 137 Å². The number of aromatic nitrogens is 6. The second-order valence-electron chi connectivity index (χ2n) is 14.5. The summed E-state index contributed by atoms with van der Waals surface area (Å²) in [4.78, 5) is 57.1. The Kier molecular flexibility index (Phi) is 10.3. The number of nitrogens with one attached hydrogen (secondary N) is 1. The van der Waals surface area contributed by atoms with Crippen molar-refractivity contribution >= 4 is 27.9 Å². The molecule has 12 heteroatoms. The van der Waals surface area contributed by atoms with E-state index in [-0.39, 0.29) is 23.1 Å².